The van der Waals surface area contributed by atoms with Crippen LogP contribution in [0.25, 0.3) is 0 Å². The molecule has 1 aromatic carbocycles. The van der Waals surface area contributed by atoms with Gasteiger partial charge in [-0.1, -0.05) is 32.0 Å². The summed E-state index contributed by atoms with van der Waals surface area (Å²) >= 11 is 0. The fraction of sp³-hybridized carbons (Fsp3) is 0.640. The standard InChI is InChI=1S/C25H32O5/c1-24(15-13-22(27)28)19-12-14-25(2)18(17(19)8-10-20(24)26)9-11-21(25)30-23(29)16-6-4-3-5-7-16/h3-7,17-19,21H,8-15H2,1-2H3,(H,27,28)/t17-,18-,19-,21+,24+,25-/m0/s1. The van der Waals surface area contributed by atoms with Gasteiger partial charge in [0.1, 0.15) is 11.9 Å². The zero-order valence-electron chi connectivity index (χ0n) is 17.9. The largest absolute Gasteiger partial charge is 0.481 e. The van der Waals surface area contributed by atoms with Crippen LogP contribution in [0.2, 0.25) is 0 Å². The molecule has 5 nitrogen and oxygen atoms in total. The van der Waals surface area contributed by atoms with Gasteiger partial charge >= 0.3 is 11.9 Å². The summed E-state index contributed by atoms with van der Waals surface area (Å²) in [5, 5.41) is 9.18. The normalized spacial score (nSPS) is 37.9. The number of fused-ring (bicyclic) bond motifs is 3. The van der Waals surface area contributed by atoms with Crippen molar-refractivity contribution in [1.82, 2.24) is 0 Å². The number of Topliss-reactive ketones (excluding diaryl/α,β-unsaturated/α-hetero) is 1. The van der Waals surface area contributed by atoms with Crippen molar-refractivity contribution in [3.8, 4) is 0 Å². The molecule has 0 amide bonds. The summed E-state index contributed by atoms with van der Waals surface area (Å²) in [5.41, 5.74) is -0.0241. The molecule has 162 valence electrons. The Morgan fingerprint density at radius 1 is 1.07 bits per heavy atom. The number of carbonyl (C=O) groups excluding carboxylic acids is 2. The third-order valence-corrected chi connectivity index (χ3v) is 8.63. The molecule has 3 fully saturated rings. The smallest absolute Gasteiger partial charge is 0.338 e. The summed E-state index contributed by atoms with van der Waals surface area (Å²) in [7, 11) is 0. The van der Waals surface area contributed by atoms with Crippen LogP contribution in [0.5, 0.6) is 0 Å². The number of rotatable bonds is 5. The third kappa shape index (κ3) is 3.46. The van der Waals surface area contributed by atoms with E-state index in [9.17, 15) is 19.5 Å². The van der Waals surface area contributed by atoms with Crippen LogP contribution in [-0.2, 0) is 14.3 Å². The quantitative estimate of drug-likeness (QED) is 0.697. The van der Waals surface area contributed by atoms with Gasteiger partial charge in [-0.25, -0.2) is 4.79 Å². The van der Waals surface area contributed by atoms with Crippen LogP contribution in [0.4, 0.5) is 0 Å². The van der Waals surface area contributed by atoms with E-state index in [1.807, 2.05) is 25.1 Å². The van der Waals surface area contributed by atoms with Gasteiger partial charge in [-0.3, -0.25) is 9.59 Å². The molecule has 3 saturated carbocycles. The van der Waals surface area contributed by atoms with E-state index >= 15 is 0 Å². The first-order chi connectivity index (χ1) is 14.3. The van der Waals surface area contributed by atoms with Gasteiger partial charge in [-0.15, -0.1) is 0 Å². The molecule has 5 heteroatoms. The number of ketones is 1. The van der Waals surface area contributed by atoms with Crippen molar-refractivity contribution in [2.75, 3.05) is 0 Å². The fourth-order valence-electron chi connectivity index (χ4n) is 6.88. The average Bonchev–Trinajstić information content (AvgIpc) is 3.06. The Kier molecular flexibility index (Phi) is 5.50. The molecular weight excluding hydrogens is 380 g/mol. The minimum atomic E-state index is -0.833. The maximum Gasteiger partial charge on any atom is 0.338 e. The number of hydrogen-bond acceptors (Lipinski definition) is 4. The molecule has 3 aliphatic carbocycles. The number of carboxylic acid groups (broad SMARTS) is 1. The Morgan fingerprint density at radius 2 is 1.80 bits per heavy atom. The molecule has 0 aliphatic heterocycles. The maximum atomic E-state index is 12.9. The van der Waals surface area contributed by atoms with Crippen molar-refractivity contribution in [2.24, 2.45) is 28.6 Å². The summed E-state index contributed by atoms with van der Waals surface area (Å²) in [6.07, 6.45) is 5.49. The van der Waals surface area contributed by atoms with Crippen molar-refractivity contribution in [1.29, 1.82) is 0 Å². The number of carboxylic acids is 1. The molecule has 3 aliphatic rings. The molecule has 0 saturated heterocycles. The minimum Gasteiger partial charge on any atom is -0.481 e. The monoisotopic (exact) mass is 412 g/mol. The van der Waals surface area contributed by atoms with E-state index in [-0.39, 0.29) is 35.6 Å². The molecule has 4 rings (SSSR count). The highest BCUT2D eigenvalue weighted by molar-refractivity contribution is 5.89. The van der Waals surface area contributed by atoms with Crippen LogP contribution in [0.1, 0.15) is 75.6 Å². The van der Waals surface area contributed by atoms with Gasteiger partial charge in [-0.05, 0) is 68.4 Å². The van der Waals surface area contributed by atoms with Crippen LogP contribution in [0.15, 0.2) is 30.3 Å². The average molecular weight is 413 g/mol. The van der Waals surface area contributed by atoms with Crippen molar-refractivity contribution in [3.63, 3.8) is 0 Å². The maximum absolute atomic E-state index is 12.9. The van der Waals surface area contributed by atoms with Crippen molar-refractivity contribution in [2.45, 2.75) is 71.3 Å². The van der Waals surface area contributed by atoms with Crippen molar-refractivity contribution in [3.05, 3.63) is 35.9 Å². The molecule has 0 unspecified atom stereocenters. The first kappa shape index (κ1) is 21.1. The molecule has 0 heterocycles. The SMILES string of the molecule is C[C@]12CC[C@H]3[C@@H](CCC(=O)[C@]3(C)CCC(=O)O)[C@@H]1CC[C@H]2OC(=O)c1ccccc1. The predicted molar refractivity (Wildman–Crippen MR) is 112 cm³/mol. The highest BCUT2D eigenvalue weighted by atomic mass is 16.5. The van der Waals surface area contributed by atoms with E-state index in [2.05, 4.69) is 6.92 Å². The van der Waals surface area contributed by atoms with Gasteiger partial charge in [0.05, 0.1) is 5.56 Å². The lowest BCUT2D eigenvalue weighted by Gasteiger charge is -2.55. The molecule has 1 N–H and O–H groups in total. The van der Waals surface area contributed by atoms with Crippen molar-refractivity contribution < 1.29 is 24.2 Å². The van der Waals surface area contributed by atoms with Crippen molar-refractivity contribution >= 4 is 17.7 Å². The zero-order chi connectivity index (χ0) is 21.5. The molecule has 0 spiro atoms. The number of benzene rings is 1. The molecular formula is C25H32O5. The lowest BCUT2D eigenvalue weighted by molar-refractivity contribution is -0.149. The van der Waals surface area contributed by atoms with Gasteiger partial charge in [0, 0.05) is 23.7 Å². The third-order valence-electron chi connectivity index (χ3n) is 8.63. The van der Waals surface area contributed by atoms with Crippen LogP contribution in [0, 0.1) is 28.6 Å². The predicted octanol–water partition coefficient (Wildman–Crippen LogP) is 4.89. The second-order valence-corrected chi connectivity index (χ2v) is 10.0. The number of carbonyl (C=O) groups is 3. The van der Waals surface area contributed by atoms with Gasteiger partial charge in [0.2, 0.25) is 0 Å². The first-order valence-corrected chi connectivity index (χ1v) is 11.3. The summed E-state index contributed by atoms with van der Waals surface area (Å²) in [6, 6.07) is 9.15. The highest BCUT2D eigenvalue weighted by Crippen LogP contribution is 2.63. The van der Waals surface area contributed by atoms with Gasteiger partial charge in [0.15, 0.2) is 0 Å². The first-order valence-electron chi connectivity index (χ1n) is 11.3. The zero-order valence-corrected chi connectivity index (χ0v) is 17.9. The van der Waals surface area contributed by atoms with Crippen LogP contribution in [0.3, 0.4) is 0 Å². The van der Waals surface area contributed by atoms with Gasteiger partial charge < -0.3 is 9.84 Å². The Balaban J connectivity index is 1.52. The van der Waals surface area contributed by atoms with Crippen LogP contribution < -0.4 is 0 Å². The fourth-order valence-corrected chi connectivity index (χ4v) is 6.88. The van der Waals surface area contributed by atoms with E-state index in [0.717, 1.165) is 32.1 Å². The summed E-state index contributed by atoms with van der Waals surface area (Å²) in [4.78, 5) is 36.7. The highest BCUT2D eigenvalue weighted by Gasteiger charge is 2.60. The molecule has 30 heavy (non-hydrogen) atoms. The number of esters is 1. The Labute approximate surface area is 178 Å². The van der Waals surface area contributed by atoms with E-state index in [1.54, 1.807) is 12.1 Å². The summed E-state index contributed by atoms with van der Waals surface area (Å²) < 4.78 is 6.02. The molecule has 0 radical (unpaired) electrons. The number of aliphatic carboxylic acids is 1. The van der Waals surface area contributed by atoms with Gasteiger partial charge in [-0.2, -0.15) is 0 Å². The topological polar surface area (TPSA) is 80.7 Å². The second kappa shape index (κ2) is 7.82. The lowest BCUT2D eigenvalue weighted by Crippen LogP contribution is -2.53. The van der Waals surface area contributed by atoms with Crippen LogP contribution >= 0.6 is 0 Å². The summed E-state index contributed by atoms with van der Waals surface area (Å²) in [6.45, 7) is 4.26. The molecule has 6 atom stereocenters. The Bertz CT molecular complexity index is 833. The molecule has 0 bridgehead atoms. The lowest BCUT2D eigenvalue weighted by atomic mass is 9.49. The number of ether oxygens (including phenoxy) is 1. The Morgan fingerprint density at radius 3 is 2.50 bits per heavy atom. The van der Waals surface area contributed by atoms with Crippen LogP contribution in [-0.4, -0.2) is 28.9 Å². The van der Waals surface area contributed by atoms with E-state index in [4.69, 9.17) is 4.74 Å². The molecule has 1 aromatic rings. The van der Waals surface area contributed by atoms with Gasteiger partial charge in [0.25, 0.3) is 0 Å². The number of hydrogen-bond donors (Lipinski definition) is 1. The minimum absolute atomic E-state index is 0.0463. The van der Waals surface area contributed by atoms with E-state index in [1.165, 1.54) is 0 Å². The summed E-state index contributed by atoms with van der Waals surface area (Å²) in [5.74, 6) is 0.205. The van der Waals surface area contributed by atoms with E-state index in [0.29, 0.717) is 30.2 Å². The van der Waals surface area contributed by atoms with E-state index < -0.39 is 11.4 Å². The molecule has 0 aromatic heterocycles. The second-order valence-electron chi connectivity index (χ2n) is 10.0. The Hall–Kier alpha value is -2.17.